The van der Waals surface area contributed by atoms with Gasteiger partial charge < -0.3 is 24.4 Å². The maximum absolute atomic E-state index is 12.4. The summed E-state index contributed by atoms with van der Waals surface area (Å²) in [5.74, 6) is -1.08. The second-order valence-electron chi connectivity index (χ2n) is 7.96. The molecule has 3 amide bonds. The van der Waals surface area contributed by atoms with Gasteiger partial charge in [-0.25, -0.2) is 5.43 Å². The minimum Gasteiger partial charge on any atom is -0.490 e. The highest BCUT2D eigenvalue weighted by Gasteiger charge is 2.20. The Morgan fingerprint density at radius 2 is 1.81 bits per heavy atom. The van der Waals surface area contributed by atoms with Crippen LogP contribution in [0.4, 0.5) is 5.69 Å². The van der Waals surface area contributed by atoms with Gasteiger partial charge in [-0.1, -0.05) is 18.2 Å². The molecule has 0 bridgehead atoms. The molecule has 1 saturated heterocycles. The molecule has 1 heterocycles. The van der Waals surface area contributed by atoms with Crippen LogP contribution >= 0.6 is 15.9 Å². The molecule has 2 N–H and O–H groups in total. The SMILES string of the molecule is CCOc1cc(/C=N\NC(=O)C(=O)Nc2c(C)cccc2C)cc(Br)c1OCC(=O)N1CCOCC1. The Hall–Kier alpha value is -3.44. The first-order valence-electron chi connectivity index (χ1n) is 11.5. The zero-order valence-electron chi connectivity index (χ0n) is 20.4. The first kappa shape index (κ1) is 27.2. The summed E-state index contributed by atoms with van der Waals surface area (Å²) in [6.45, 7) is 7.84. The van der Waals surface area contributed by atoms with Gasteiger partial charge in [-0.05, 0) is 65.5 Å². The third kappa shape index (κ3) is 7.28. The highest BCUT2D eigenvalue weighted by atomic mass is 79.9. The van der Waals surface area contributed by atoms with Crippen molar-refractivity contribution in [3.8, 4) is 11.5 Å². The number of halogens is 1. The molecule has 0 atom stereocenters. The molecule has 1 aliphatic heterocycles. The topological polar surface area (TPSA) is 119 Å². The number of aryl methyl sites for hydroxylation is 2. The van der Waals surface area contributed by atoms with Gasteiger partial charge in [0.2, 0.25) is 0 Å². The standard InChI is InChI=1S/C25H29BrN4O6/c1-4-35-20-13-18(12-19(26)23(20)36-15-21(31)30-8-10-34-11-9-30)14-27-29-25(33)24(32)28-22-16(2)6-5-7-17(22)3/h5-7,12-14H,4,8-11,15H2,1-3H3,(H,28,32)(H,29,33)/b27-14-. The Labute approximate surface area is 218 Å². The van der Waals surface area contributed by atoms with Gasteiger partial charge in [0.1, 0.15) is 0 Å². The van der Waals surface area contributed by atoms with E-state index in [0.717, 1.165) is 11.1 Å². The van der Waals surface area contributed by atoms with Crippen molar-refractivity contribution in [2.45, 2.75) is 20.8 Å². The third-order valence-corrected chi connectivity index (χ3v) is 5.93. The van der Waals surface area contributed by atoms with Gasteiger partial charge in [0.05, 0.1) is 30.5 Å². The molecule has 0 aromatic heterocycles. The lowest BCUT2D eigenvalue weighted by atomic mass is 10.1. The summed E-state index contributed by atoms with van der Waals surface area (Å²) in [7, 11) is 0. The predicted molar refractivity (Wildman–Crippen MR) is 138 cm³/mol. The average molecular weight is 561 g/mol. The van der Waals surface area contributed by atoms with E-state index in [1.54, 1.807) is 17.0 Å². The molecule has 10 nitrogen and oxygen atoms in total. The van der Waals surface area contributed by atoms with Gasteiger partial charge in [0.15, 0.2) is 18.1 Å². The summed E-state index contributed by atoms with van der Waals surface area (Å²) in [5.41, 5.74) is 5.09. The van der Waals surface area contributed by atoms with E-state index in [-0.39, 0.29) is 12.5 Å². The maximum Gasteiger partial charge on any atom is 0.329 e. The number of ether oxygens (including phenoxy) is 3. The van der Waals surface area contributed by atoms with Crippen molar-refractivity contribution < 1.29 is 28.6 Å². The highest BCUT2D eigenvalue weighted by Crippen LogP contribution is 2.36. The van der Waals surface area contributed by atoms with E-state index in [2.05, 4.69) is 31.8 Å². The number of nitrogens with zero attached hydrogens (tertiary/aromatic N) is 2. The number of carbonyl (C=O) groups excluding carboxylic acids is 3. The Balaban J connectivity index is 1.63. The van der Waals surface area contributed by atoms with Crippen LogP contribution in [0.3, 0.4) is 0 Å². The van der Waals surface area contributed by atoms with Crippen LogP contribution in [0.15, 0.2) is 39.9 Å². The Kier molecular flexibility index (Phi) is 9.83. The van der Waals surface area contributed by atoms with E-state index in [9.17, 15) is 14.4 Å². The monoisotopic (exact) mass is 560 g/mol. The van der Waals surface area contributed by atoms with Crippen LogP contribution in [0.1, 0.15) is 23.6 Å². The molecule has 3 rings (SSSR count). The molecule has 1 aliphatic rings. The zero-order valence-corrected chi connectivity index (χ0v) is 22.0. The van der Waals surface area contributed by atoms with Crippen LogP contribution in [0.2, 0.25) is 0 Å². The summed E-state index contributed by atoms with van der Waals surface area (Å²) < 4.78 is 17.3. The van der Waals surface area contributed by atoms with Crippen molar-refractivity contribution in [1.82, 2.24) is 10.3 Å². The largest absolute Gasteiger partial charge is 0.490 e. The quantitative estimate of drug-likeness (QED) is 0.291. The number of benzene rings is 2. The lowest BCUT2D eigenvalue weighted by Crippen LogP contribution is -2.43. The normalized spacial score (nSPS) is 13.4. The molecule has 36 heavy (non-hydrogen) atoms. The summed E-state index contributed by atoms with van der Waals surface area (Å²) in [6.07, 6.45) is 1.38. The number of amides is 3. The van der Waals surface area contributed by atoms with E-state index in [1.807, 2.05) is 39.0 Å². The van der Waals surface area contributed by atoms with Gasteiger partial charge in [-0.2, -0.15) is 5.10 Å². The molecule has 0 radical (unpaired) electrons. The van der Waals surface area contributed by atoms with E-state index < -0.39 is 11.8 Å². The first-order valence-corrected chi connectivity index (χ1v) is 12.2. The van der Waals surface area contributed by atoms with Gasteiger partial charge in [-0.3, -0.25) is 14.4 Å². The van der Waals surface area contributed by atoms with Crippen molar-refractivity contribution in [2.24, 2.45) is 5.10 Å². The Bertz CT molecular complexity index is 1130. The van der Waals surface area contributed by atoms with E-state index in [0.29, 0.717) is 60.1 Å². The molecule has 2 aromatic rings. The number of hydrogen-bond donors (Lipinski definition) is 2. The summed E-state index contributed by atoms with van der Waals surface area (Å²) >= 11 is 3.45. The molecular formula is C25H29BrN4O6. The van der Waals surface area contributed by atoms with Crippen molar-refractivity contribution in [2.75, 3.05) is 44.8 Å². The minimum absolute atomic E-state index is 0.139. The van der Waals surface area contributed by atoms with Crippen LogP contribution in [0.25, 0.3) is 0 Å². The number of hydrogen-bond acceptors (Lipinski definition) is 7. The molecule has 0 spiro atoms. The lowest BCUT2D eigenvalue weighted by Gasteiger charge is -2.27. The van der Waals surface area contributed by atoms with Gasteiger partial charge >= 0.3 is 11.8 Å². The molecular weight excluding hydrogens is 532 g/mol. The highest BCUT2D eigenvalue weighted by molar-refractivity contribution is 9.10. The molecule has 192 valence electrons. The van der Waals surface area contributed by atoms with Crippen LogP contribution < -0.4 is 20.2 Å². The van der Waals surface area contributed by atoms with Crippen molar-refractivity contribution in [3.63, 3.8) is 0 Å². The Morgan fingerprint density at radius 1 is 1.11 bits per heavy atom. The van der Waals surface area contributed by atoms with E-state index in [1.165, 1.54) is 6.21 Å². The lowest BCUT2D eigenvalue weighted by molar-refractivity contribution is -0.137. The molecule has 0 saturated carbocycles. The molecule has 0 aliphatic carbocycles. The predicted octanol–water partition coefficient (Wildman–Crippen LogP) is 2.79. The fourth-order valence-electron chi connectivity index (χ4n) is 3.50. The summed E-state index contributed by atoms with van der Waals surface area (Å²) in [4.78, 5) is 38.6. The molecule has 0 unspecified atom stereocenters. The molecule has 11 heteroatoms. The number of hydrazone groups is 1. The van der Waals surface area contributed by atoms with Crippen LogP contribution in [-0.2, 0) is 19.1 Å². The van der Waals surface area contributed by atoms with Crippen molar-refractivity contribution in [1.29, 1.82) is 0 Å². The summed E-state index contributed by atoms with van der Waals surface area (Å²) in [6, 6.07) is 8.92. The molecule has 1 fully saturated rings. The minimum atomic E-state index is -0.903. The van der Waals surface area contributed by atoms with Gasteiger partial charge in [0, 0.05) is 18.8 Å². The maximum atomic E-state index is 12.4. The number of anilines is 1. The second-order valence-corrected chi connectivity index (χ2v) is 8.82. The summed E-state index contributed by atoms with van der Waals surface area (Å²) in [5, 5.41) is 6.49. The van der Waals surface area contributed by atoms with Gasteiger partial charge in [0.25, 0.3) is 5.91 Å². The Morgan fingerprint density at radius 3 is 2.47 bits per heavy atom. The first-order chi connectivity index (χ1) is 17.3. The van der Waals surface area contributed by atoms with E-state index in [4.69, 9.17) is 14.2 Å². The van der Waals surface area contributed by atoms with Crippen molar-refractivity contribution in [3.05, 3.63) is 51.5 Å². The fourth-order valence-corrected chi connectivity index (χ4v) is 4.08. The van der Waals surface area contributed by atoms with Crippen LogP contribution in [0.5, 0.6) is 11.5 Å². The number of para-hydroxylation sites is 1. The zero-order chi connectivity index (χ0) is 26.1. The number of morpholine rings is 1. The van der Waals surface area contributed by atoms with Crippen molar-refractivity contribution >= 4 is 45.6 Å². The smallest absolute Gasteiger partial charge is 0.329 e. The van der Waals surface area contributed by atoms with Crippen LogP contribution in [0, 0.1) is 13.8 Å². The second kappa shape index (κ2) is 13.0. The van der Waals surface area contributed by atoms with Crippen LogP contribution in [-0.4, -0.2) is 68.4 Å². The fraction of sp³-hybridized carbons (Fsp3) is 0.360. The number of rotatable bonds is 8. The third-order valence-electron chi connectivity index (χ3n) is 5.34. The number of carbonyl (C=O) groups is 3. The number of nitrogens with one attached hydrogen (secondary N) is 2. The van der Waals surface area contributed by atoms with Gasteiger partial charge in [-0.15, -0.1) is 0 Å². The molecule has 2 aromatic carbocycles. The van der Waals surface area contributed by atoms with E-state index >= 15 is 0 Å². The average Bonchev–Trinajstić information content (AvgIpc) is 2.86.